The number of carbonyl (C=O) groups excluding carboxylic acids is 2. The molecule has 0 aliphatic carbocycles. The fourth-order valence-corrected chi connectivity index (χ4v) is 5.84. The van der Waals surface area contributed by atoms with Crippen molar-refractivity contribution < 1.29 is 39.6 Å². The zero-order valence-corrected chi connectivity index (χ0v) is 27.3. The minimum absolute atomic E-state index is 0.0315. The predicted octanol–water partition coefficient (Wildman–Crippen LogP) is 2.62. The van der Waals surface area contributed by atoms with E-state index in [-0.39, 0.29) is 22.6 Å². The Balaban J connectivity index is 1.52. The van der Waals surface area contributed by atoms with E-state index in [2.05, 4.69) is 20.4 Å². The summed E-state index contributed by atoms with van der Waals surface area (Å²) in [7, 11) is 0. The molecule has 0 saturated carbocycles. The normalized spacial score (nSPS) is 14.6. The zero-order valence-electron chi connectivity index (χ0n) is 27.3. The number of carboxylic acid groups (broad SMARTS) is 2. The Morgan fingerprint density at radius 1 is 0.688 bits per heavy atom. The van der Waals surface area contributed by atoms with Crippen molar-refractivity contribution in [1.29, 1.82) is 0 Å². The lowest BCUT2D eigenvalue weighted by Gasteiger charge is -2.25. The van der Waals surface area contributed by atoms with Crippen LogP contribution in [0.4, 0.5) is 0 Å². The summed E-state index contributed by atoms with van der Waals surface area (Å²) in [6, 6.07) is 12.7. The van der Waals surface area contributed by atoms with Gasteiger partial charge in [-0.1, -0.05) is 18.2 Å². The Kier molecular flexibility index (Phi) is 12.5. The SMILES string of the molecule is Cc1cc(CN2CCCCN(Cc3cc(C)cc(C(=O)NCC(=O)O)c3O)CCc3cccc(n3)CC2)c(O)c(C(=O)NCC(=O)O)c1. The smallest absolute Gasteiger partial charge is 0.322 e. The number of pyridine rings is 1. The monoisotopic (exact) mass is 661 g/mol. The van der Waals surface area contributed by atoms with Crippen LogP contribution >= 0.6 is 0 Å². The van der Waals surface area contributed by atoms with Crippen LogP contribution in [0.1, 0.15) is 67.2 Å². The highest BCUT2D eigenvalue weighted by molar-refractivity contribution is 5.99. The quantitative estimate of drug-likeness (QED) is 0.187. The van der Waals surface area contributed by atoms with E-state index in [0.717, 1.165) is 35.4 Å². The molecule has 2 heterocycles. The number of hydrogen-bond donors (Lipinski definition) is 6. The molecule has 13 heteroatoms. The van der Waals surface area contributed by atoms with Crippen molar-refractivity contribution in [3.05, 3.63) is 87.2 Å². The summed E-state index contributed by atoms with van der Waals surface area (Å²) in [5, 5.41) is 44.6. The number of aliphatic carboxylic acids is 2. The Morgan fingerprint density at radius 2 is 1.10 bits per heavy atom. The van der Waals surface area contributed by atoms with Crippen molar-refractivity contribution in [2.75, 3.05) is 39.3 Å². The number of nitrogens with zero attached hydrogens (tertiary/aromatic N) is 3. The van der Waals surface area contributed by atoms with Crippen LogP contribution in [-0.4, -0.2) is 98.2 Å². The molecule has 256 valence electrons. The predicted molar refractivity (Wildman–Crippen MR) is 177 cm³/mol. The van der Waals surface area contributed by atoms with Gasteiger partial charge in [0.1, 0.15) is 24.6 Å². The van der Waals surface area contributed by atoms with Gasteiger partial charge in [0.15, 0.2) is 0 Å². The second kappa shape index (κ2) is 16.7. The van der Waals surface area contributed by atoms with Crippen LogP contribution in [0, 0.1) is 13.8 Å². The lowest BCUT2D eigenvalue weighted by molar-refractivity contribution is -0.136. The fourth-order valence-electron chi connectivity index (χ4n) is 5.84. The number of phenolic OH excluding ortho intramolecular Hbond substituents is 2. The lowest BCUT2D eigenvalue weighted by Crippen LogP contribution is -2.31. The maximum absolute atomic E-state index is 12.6. The molecular weight excluding hydrogens is 618 g/mol. The van der Waals surface area contributed by atoms with Crippen LogP contribution in [0.5, 0.6) is 11.5 Å². The summed E-state index contributed by atoms with van der Waals surface area (Å²) < 4.78 is 0. The second-order valence-electron chi connectivity index (χ2n) is 12.2. The molecule has 0 unspecified atom stereocenters. The number of rotatable bonds is 10. The Morgan fingerprint density at radius 3 is 1.50 bits per heavy atom. The molecule has 1 aliphatic rings. The summed E-state index contributed by atoms with van der Waals surface area (Å²) in [6.45, 7) is 6.01. The standard InChI is InChI=1S/C35H43N5O8/c1-22-14-24(32(45)28(16-22)34(47)36-18-30(41)42)20-39-10-3-4-11-40(13-9-27-7-5-6-26(38-27)8-12-39)21-25-15-23(2)17-29(33(25)46)35(48)37-19-31(43)44/h5-7,14-17,45-46H,3-4,8-13,18-21H2,1-2H3,(H,36,47)(H,37,48)(H,41,42)(H,43,44). The van der Waals surface area contributed by atoms with Gasteiger partial charge >= 0.3 is 11.9 Å². The van der Waals surface area contributed by atoms with Crippen molar-refractivity contribution in [2.24, 2.45) is 0 Å². The third kappa shape index (κ3) is 10.2. The number of hydrogen-bond acceptors (Lipinski definition) is 9. The van der Waals surface area contributed by atoms with Crippen LogP contribution in [0.15, 0.2) is 42.5 Å². The van der Waals surface area contributed by atoms with Gasteiger partial charge in [0.2, 0.25) is 0 Å². The largest absolute Gasteiger partial charge is 0.507 e. The summed E-state index contributed by atoms with van der Waals surface area (Å²) in [5.41, 5.74) is 4.59. The van der Waals surface area contributed by atoms with Gasteiger partial charge in [-0.2, -0.15) is 0 Å². The number of aromatic nitrogens is 1. The number of aromatic hydroxyl groups is 2. The number of phenols is 2. The van der Waals surface area contributed by atoms with Crippen LogP contribution in [0.25, 0.3) is 0 Å². The van der Waals surface area contributed by atoms with Gasteiger partial charge in [-0.3, -0.25) is 34.0 Å². The minimum Gasteiger partial charge on any atom is -0.507 e. The Bertz CT molecular complexity index is 1540. The van der Waals surface area contributed by atoms with Gasteiger partial charge in [-0.25, -0.2) is 0 Å². The summed E-state index contributed by atoms with van der Waals surface area (Å²) in [4.78, 5) is 56.5. The van der Waals surface area contributed by atoms with Crippen LogP contribution in [0.3, 0.4) is 0 Å². The molecule has 0 saturated heterocycles. The van der Waals surface area contributed by atoms with E-state index < -0.39 is 36.8 Å². The highest BCUT2D eigenvalue weighted by Gasteiger charge is 2.21. The molecule has 1 aliphatic heterocycles. The fraction of sp³-hybridized carbons (Fsp3) is 0.400. The van der Waals surface area contributed by atoms with Gasteiger partial charge in [0, 0.05) is 61.5 Å². The number of fused-ring (bicyclic) bond motifs is 2. The van der Waals surface area contributed by atoms with E-state index in [1.807, 2.05) is 44.2 Å². The number of carboxylic acids is 2. The first kappa shape index (κ1) is 35.8. The molecule has 2 aromatic carbocycles. The lowest BCUT2D eigenvalue weighted by atomic mass is 10.0. The van der Waals surface area contributed by atoms with E-state index >= 15 is 0 Å². The second-order valence-corrected chi connectivity index (χ2v) is 12.2. The van der Waals surface area contributed by atoms with E-state index in [9.17, 15) is 29.4 Å². The minimum atomic E-state index is -1.18. The average molecular weight is 662 g/mol. The molecule has 13 nitrogen and oxygen atoms in total. The van der Waals surface area contributed by atoms with Crippen LogP contribution < -0.4 is 10.6 Å². The van der Waals surface area contributed by atoms with Gasteiger partial charge in [-0.15, -0.1) is 0 Å². The number of aryl methyl sites for hydroxylation is 2. The van der Waals surface area contributed by atoms with E-state index in [4.69, 9.17) is 15.2 Å². The third-order valence-corrected chi connectivity index (χ3v) is 8.18. The molecule has 48 heavy (non-hydrogen) atoms. The van der Waals surface area contributed by atoms with Crippen molar-refractivity contribution in [2.45, 2.75) is 52.6 Å². The van der Waals surface area contributed by atoms with Crippen LogP contribution in [0.2, 0.25) is 0 Å². The average Bonchev–Trinajstić information content (AvgIpc) is 3.05. The topological polar surface area (TPSA) is 193 Å². The summed E-state index contributed by atoms with van der Waals surface area (Å²) in [6.07, 6.45) is 3.01. The van der Waals surface area contributed by atoms with Crippen molar-refractivity contribution in [3.8, 4) is 11.5 Å². The zero-order chi connectivity index (χ0) is 34.8. The maximum atomic E-state index is 12.6. The van der Waals surface area contributed by atoms with Gasteiger partial charge < -0.3 is 31.1 Å². The molecule has 4 rings (SSSR count). The van der Waals surface area contributed by atoms with Crippen LogP contribution in [-0.2, 0) is 35.5 Å². The number of nitrogens with one attached hydrogen (secondary N) is 2. The first-order valence-corrected chi connectivity index (χ1v) is 15.9. The number of benzene rings is 2. The van der Waals surface area contributed by atoms with E-state index in [0.29, 0.717) is 63.2 Å². The van der Waals surface area contributed by atoms with Crippen molar-refractivity contribution in [3.63, 3.8) is 0 Å². The molecule has 2 amide bonds. The van der Waals surface area contributed by atoms with E-state index in [1.165, 1.54) is 12.1 Å². The van der Waals surface area contributed by atoms with Crippen molar-refractivity contribution >= 4 is 23.8 Å². The summed E-state index contributed by atoms with van der Waals surface area (Å²) in [5.74, 6) is -4.01. The Hall–Kier alpha value is -5.01. The molecule has 3 aromatic rings. The highest BCUT2D eigenvalue weighted by Crippen LogP contribution is 2.28. The summed E-state index contributed by atoms with van der Waals surface area (Å²) >= 11 is 0. The number of amides is 2. The molecule has 1 aromatic heterocycles. The maximum Gasteiger partial charge on any atom is 0.322 e. The third-order valence-electron chi connectivity index (χ3n) is 8.18. The van der Waals surface area contributed by atoms with E-state index in [1.54, 1.807) is 0 Å². The molecule has 0 spiro atoms. The molecule has 0 fully saturated rings. The first-order valence-electron chi connectivity index (χ1n) is 15.9. The number of carbonyl (C=O) groups is 4. The van der Waals surface area contributed by atoms with Gasteiger partial charge in [-0.05, 0) is 75.2 Å². The molecule has 0 radical (unpaired) electrons. The first-order chi connectivity index (χ1) is 22.9. The molecule has 0 atom stereocenters. The highest BCUT2D eigenvalue weighted by atomic mass is 16.4. The van der Waals surface area contributed by atoms with Gasteiger partial charge in [0.05, 0.1) is 11.1 Å². The molecule has 6 N–H and O–H groups in total. The van der Waals surface area contributed by atoms with Gasteiger partial charge in [0.25, 0.3) is 11.8 Å². The van der Waals surface area contributed by atoms with Crippen molar-refractivity contribution in [1.82, 2.24) is 25.4 Å². The molecular formula is C35H43N5O8. The Labute approximate surface area is 279 Å². The molecule has 2 bridgehead atoms.